The summed E-state index contributed by atoms with van der Waals surface area (Å²) in [6, 6.07) is 14.6. The molecule has 0 spiro atoms. The van der Waals surface area contributed by atoms with Crippen molar-refractivity contribution >= 4 is 0 Å². The van der Waals surface area contributed by atoms with Gasteiger partial charge in [0.1, 0.15) is 5.69 Å². The van der Waals surface area contributed by atoms with Gasteiger partial charge in [-0.2, -0.15) is 0 Å². The average molecular weight is 343 g/mol. The molecule has 0 N–H and O–H groups in total. The van der Waals surface area contributed by atoms with Crippen molar-refractivity contribution in [1.82, 2.24) is 15.0 Å². The van der Waals surface area contributed by atoms with Crippen LogP contribution in [-0.2, 0) is 12.8 Å². The minimum atomic E-state index is 0.280. The lowest BCUT2D eigenvalue weighted by Gasteiger charge is -2.31. The van der Waals surface area contributed by atoms with Crippen molar-refractivity contribution in [2.75, 3.05) is 0 Å². The van der Waals surface area contributed by atoms with Gasteiger partial charge < -0.3 is 0 Å². The first-order valence-corrected chi connectivity index (χ1v) is 9.32. The summed E-state index contributed by atoms with van der Waals surface area (Å²) >= 11 is 0. The Balaban J connectivity index is 1.93. The molecule has 1 aliphatic carbocycles. The number of hydrogen-bond acceptors (Lipinski definition) is 3. The fourth-order valence-electron chi connectivity index (χ4n) is 3.76. The van der Waals surface area contributed by atoms with E-state index in [9.17, 15) is 0 Å². The Morgan fingerprint density at radius 2 is 1.73 bits per heavy atom. The summed E-state index contributed by atoms with van der Waals surface area (Å²) < 4.78 is 0. The van der Waals surface area contributed by atoms with Crippen LogP contribution in [0.15, 0.2) is 42.5 Å². The quantitative estimate of drug-likeness (QED) is 0.630. The van der Waals surface area contributed by atoms with Crippen LogP contribution in [0.4, 0.5) is 0 Å². The van der Waals surface area contributed by atoms with Gasteiger partial charge in [0.2, 0.25) is 0 Å². The Bertz CT molecular complexity index is 973. The number of nitrogens with zero attached hydrogens (tertiary/aromatic N) is 3. The summed E-state index contributed by atoms with van der Waals surface area (Å²) in [6.07, 6.45) is 3.19. The monoisotopic (exact) mass is 343 g/mol. The lowest BCUT2D eigenvalue weighted by molar-refractivity contribution is 0.310. The summed E-state index contributed by atoms with van der Waals surface area (Å²) in [5, 5.41) is 0. The van der Waals surface area contributed by atoms with E-state index >= 15 is 0 Å². The van der Waals surface area contributed by atoms with Gasteiger partial charge in [-0.1, -0.05) is 43.7 Å². The summed E-state index contributed by atoms with van der Waals surface area (Å²) in [5.41, 5.74) is 8.12. The van der Waals surface area contributed by atoms with Gasteiger partial charge in [0, 0.05) is 22.5 Å². The van der Waals surface area contributed by atoms with Crippen LogP contribution in [0.1, 0.15) is 42.8 Å². The zero-order valence-corrected chi connectivity index (χ0v) is 16.0. The molecule has 3 nitrogen and oxygen atoms in total. The molecule has 0 atom stereocenters. The summed E-state index contributed by atoms with van der Waals surface area (Å²) in [7, 11) is 0. The molecule has 0 unspecified atom stereocenters. The first-order valence-electron chi connectivity index (χ1n) is 9.32. The van der Waals surface area contributed by atoms with E-state index in [2.05, 4.69) is 50.0 Å². The van der Waals surface area contributed by atoms with Gasteiger partial charge in [-0.15, -0.1) is 0 Å². The van der Waals surface area contributed by atoms with Crippen LogP contribution in [0.25, 0.3) is 22.8 Å². The van der Waals surface area contributed by atoms with Crippen LogP contribution in [0.3, 0.4) is 0 Å². The van der Waals surface area contributed by atoms with Gasteiger partial charge in [-0.25, -0.2) is 15.0 Å². The third-order valence-corrected chi connectivity index (χ3v) is 5.20. The first kappa shape index (κ1) is 16.9. The number of aryl methyl sites for hydroxylation is 2. The Morgan fingerprint density at radius 1 is 0.923 bits per heavy atom. The van der Waals surface area contributed by atoms with Gasteiger partial charge in [-0.3, -0.25) is 0 Å². The average Bonchev–Trinajstić information content (AvgIpc) is 2.59. The van der Waals surface area contributed by atoms with Gasteiger partial charge in [0.25, 0.3) is 0 Å². The first-order chi connectivity index (χ1) is 12.4. The molecule has 1 aliphatic rings. The minimum Gasteiger partial charge on any atom is -0.250 e. The molecule has 3 aromatic rings. The van der Waals surface area contributed by atoms with E-state index in [4.69, 9.17) is 9.97 Å². The van der Waals surface area contributed by atoms with E-state index in [1.165, 1.54) is 28.8 Å². The molecule has 132 valence electrons. The zero-order chi connectivity index (χ0) is 18.3. The molecule has 0 fully saturated rings. The van der Waals surface area contributed by atoms with Crippen molar-refractivity contribution in [3.8, 4) is 22.8 Å². The fraction of sp³-hybridized carbons (Fsp3) is 0.348. The number of pyridine rings is 1. The van der Waals surface area contributed by atoms with E-state index < -0.39 is 0 Å². The maximum absolute atomic E-state index is 4.98. The summed E-state index contributed by atoms with van der Waals surface area (Å²) in [5.74, 6) is 0.738. The molecular formula is C23H25N3. The molecular weight excluding hydrogens is 318 g/mol. The normalized spacial score (nSPS) is 15.5. The molecule has 2 heterocycles. The highest BCUT2D eigenvalue weighted by molar-refractivity contribution is 5.68. The van der Waals surface area contributed by atoms with Gasteiger partial charge in [0.05, 0.1) is 5.69 Å². The van der Waals surface area contributed by atoms with Crippen LogP contribution in [-0.4, -0.2) is 15.0 Å². The van der Waals surface area contributed by atoms with Gasteiger partial charge in [-0.05, 0) is 56.7 Å². The van der Waals surface area contributed by atoms with Crippen LogP contribution in [0.5, 0.6) is 0 Å². The van der Waals surface area contributed by atoms with Crippen molar-refractivity contribution < 1.29 is 0 Å². The standard InChI is InChI=1S/C23H25N3/c1-15-7-5-9-17(13-15)21-18-11-12-23(3,4)14-20(18)25-22(26-21)19-10-6-8-16(2)24-19/h5-10,13H,11-12,14H2,1-4H3. The molecule has 0 amide bonds. The van der Waals surface area contributed by atoms with E-state index in [0.717, 1.165) is 35.7 Å². The Morgan fingerprint density at radius 3 is 2.50 bits per heavy atom. The van der Waals surface area contributed by atoms with Crippen LogP contribution in [0.2, 0.25) is 0 Å². The molecule has 4 rings (SSSR count). The third kappa shape index (κ3) is 3.26. The molecule has 3 heteroatoms. The molecule has 0 radical (unpaired) electrons. The highest BCUT2D eigenvalue weighted by atomic mass is 14.9. The molecule has 0 bridgehead atoms. The van der Waals surface area contributed by atoms with Crippen molar-refractivity contribution in [2.45, 2.75) is 47.0 Å². The maximum atomic E-state index is 4.98. The second-order valence-electron chi connectivity index (χ2n) is 8.20. The van der Waals surface area contributed by atoms with Crippen molar-refractivity contribution in [1.29, 1.82) is 0 Å². The topological polar surface area (TPSA) is 38.7 Å². The summed E-state index contributed by atoms with van der Waals surface area (Å²) in [6.45, 7) is 8.79. The van der Waals surface area contributed by atoms with Crippen molar-refractivity contribution in [2.24, 2.45) is 5.41 Å². The smallest absolute Gasteiger partial charge is 0.178 e. The molecule has 0 saturated carbocycles. The highest BCUT2D eigenvalue weighted by Crippen LogP contribution is 2.38. The predicted octanol–water partition coefficient (Wildman–Crippen LogP) is 5.34. The predicted molar refractivity (Wildman–Crippen MR) is 106 cm³/mol. The third-order valence-electron chi connectivity index (χ3n) is 5.20. The molecule has 0 aliphatic heterocycles. The van der Waals surface area contributed by atoms with E-state index in [0.29, 0.717) is 0 Å². The van der Waals surface area contributed by atoms with Gasteiger partial charge in [0.15, 0.2) is 5.82 Å². The van der Waals surface area contributed by atoms with E-state index in [-0.39, 0.29) is 5.41 Å². The molecule has 26 heavy (non-hydrogen) atoms. The van der Waals surface area contributed by atoms with Crippen LogP contribution >= 0.6 is 0 Å². The Kier molecular flexibility index (Phi) is 4.10. The summed E-state index contributed by atoms with van der Waals surface area (Å²) in [4.78, 5) is 14.6. The highest BCUT2D eigenvalue weighted by Gasteiger charge is 2.29. The number of rotatable bonds is 2. The SMILES string of the molecule is Cc1cccc(-c2nc(-c3cccc(C)n3)nc3c2CCC(C)(C)C3)c1. The lowest BCUT2D eigenvalue weighted by Crippen LogP contribution is -2.24. The molecule has 0 saturated heterocycles. The largest absolute Gasteiger partial charge is 0.250 e. The van der Waals surface area contributed by atoms with E-state index in [1.54, 1.807) is 0 Å². The zero-order valence-electron chi connectivity index (χ0n) is 16.0. The number of benzene rings is 1. The molecule has 2 aromatic heterocycles. The Labute approximate surface area is 155 Å². The second-order valence-corrected chi connectivity index (χ2v) is 8.20. The van der Waals surface area contributed by atoms with E-state index in [1.807, 2.05) is 25.1 Å². The maximum Gasteiger partial charge on any atom is 0.178 e. The fourth-order valence-corrected chi connectivity index (χ4v) is 3.76. The van der Waals surface area contributed by atoms with Crippen molar-refractivity contribution in [3.05, 3.63) is 65.0 Å². The molecule has 1 aromatic carbocycles. The number of hydrogen-bond donors (Lipinski definition) is 0. The number of fused-ring (bicyclic) bond motifs is 1. The van der Waals surface area contributed by atoms with Gasteiger partial charge >= 0.3 is 0 Å². The lowest BCUT2D eigenvalue weighted by atomic mass is 9.75. The second kappa shape index (κ2) is 6.31. The minimum absolute atomic E-state index is 0.280. The van der Waals surface area contributed by atoms with Crippen molar-refractivity contribution in [3.63, 3.8) is 0 Å². The van der Waals surface area contributed by atoms with Crippen LogP contribution < -0.4 is 0 Å². The number of aromatic nitrogens is 3. The Hall–Kier alpha value is -2.55. The van der Waals surface area contributed by atoms with Crippen LogP contribution in [0, 0.1) is 19.3 Å².